The number of para-hydroxylation sites is 1. The first-order valence-corrected chi connectivity index (χ1v) is 11.0. The maximum atomic E-state index is 12.9. The summed E-state index contributed by atoms with van der Waals surface area (Å²) in [5.74, 6) is -0.0906. The summed E-state index contributed by atoms with van der Waals surface area (Å²) in [6.45, 7) is 4.35. The molecule has 0 spiro atoms. The second-order valence-corrected chi connectivity index (χ2v) is 8.46. The van der Waals surface area contributed by atoms with Crippen LogP contribution in [-0.4, -0.2) is 37.4 Å². The second kappa shape index (κ2) is 9.46. The first kappa shape index (κ1) is 22.6. The van der Waals surface area contributed by atoms with E-state index in [0.29, 0.717) is 11.6 Å². The molecule has 168 valence electrons. The van der Waals surface area contributed by atoms with Gasteiger partial charge in [-0.3, -0.25) is 9.48 Å². The van der Waals surface area contributed by atoms with Crippen LogP contribution in [-0.2, 0) is 18.4 Å². The molecular formula is C26H26ClN5O. The molecule has 0 aliphatic heterocycles. The van der Waals surface area contributed by atoms with Gasteiger partial charge < -0.3 is 4.90 Å². The molecule has 0 saturated heterocycles. The van der Waals surface area contributed by atoms with Crippen LogP contribution in [0, 0.1) is 13.8 Å². The molecule has 33 heavy (non-hydrogen) atoms. The minimum Gasteiger partial charge on any atom is -0.338 e. The highest BCUT2D eigenvalue weighted by atomic mass is 35.5. The largest absolute Gasteiger partial charge is 0.338 e. The van der Waals surface area contributed by atoms with Gasteiger partial charge in [0.25, 0.3) is 0 Å². The lowest BCUT2D eigenvalue weighted by molar-refractivity contribution is -0.125. The minimum atomic E-state index is -0.0906. The Morgan fingerprint density at radius 1 is 1.06 bits per heavy atom. The van der Waals surface area contributed by atoms with Gasteiger partial charge in [0.2, 0.25) is 5.91 Å². The number of halogens is 1. The molecule has 2 heterocycles. The van der Waals surface area contributed by atoms with Gasteiger partial charge in [-0.15, -0.1) is 0 Å². The Balaban J connectivity index is 1.61. The second-order valence-electron chi connectivity index (χ2n) is 8.03. The van der Waals surface area contributed by atoms with Crippen molar-refractivity contribution in [2.45, 2.75) is 20.4 Å². The van der Waals surface area contributed by atoms with Crippen molar-refractivity contribution in [3.8, 4) is 16.9 Å². The molecule has 7 heteroatoms. The standard InChI is InChI=1S/C26H26ClN5O/c1-18-24(19(2)31(4)28-18)14-15-25(33)30(3)16-21-17-32(23-8-6-5-7-9-23)29-26(21)20-10-12-22(27)13-11-20/h5-15,17H,16H2,1-4H3/b15-14+. The number of aryl methyl sites for hydroxylation is 2. The fourth-order valence-corrected chi connectivity index (χ4v) is 3.86. The number of hydrogen-bond donors (Lipinski definition) is 0. The number of rotatable bonds is 6. The summed E-state index contributed by atoms with van der Waals surface area (Å²) in [5.41, 5.74) is 6.55. The lowest BCUT2D eigenvalue weighted by Crippen LogP contribution is -2.24. The van der Waals surface area contributed by atoms with E-state index in [1.54, 1.807) is 18.0 Å². The first-order valence-electron chi connectivity index (χ1n) is 10.7. The number of hydrogen-bond acceptors (Lipinski definition) is 3. The van der Waals surface area contributed by atoms with Crippen LogP contribution >= 0.6 is 11.6 Å². The van der Waals surface area contributed by atoms with Gasteiger partial charge in [-0.1, -0.05) is 41.9 Å². The highest BCUT2D eigenvalue weighted by Gasteiger charge is 2.16. The molecular weight excluding hydrogens is 434 g/mol. The quantitative estimate of drug-likeness (QED) is 0.372. The van der Waals surface area contributed by atoms with Crippen molar-refractivity contribution in [2.75, 3.05) is 7.05 Å². The summed E-state index contributed by atoms with van der Waals surface area (Å²) in [7, 11) is 3.69. The van der Waals surface area contributed by atoms with Crippen LogP contribution in [0.4, 0.5) is 0 Å². The summed E-state index contributed by atoms with van der Waals surface area (Å²) in [5, 5.41) is 9.89. The van der Waals surface area contributed by atoms with Crippen LogP contribution in [0.25, 0.3) is 23.0 Å². The van der Waals surface area contributed by atoms with Gasteiger partial charge in [-0.05, 0) is 44.2 Å². The molecule has 0 fully saturated rings. The molecule has 0 N–H and O–H groups in total. The third kappa shape index (κ3) is 4.91. The third-order valence-corrected chi connectivity index (χ3v) is 5.92. The van der Waals surface area contributed by atoms with Crippen molar-refractivity contribution in [1.29, 1.82) is 0 Å². The molecule has 2 aromatic carbocycles. The average Bonchev–Trinajstić information content (AvgIpc) is 3.33. The van der Waals surface area contributed by atoms with E-state index in [1.807, 2.05) is 97.1 Å². The monoisotopic (exact) mass is 459 g/mol. The lowest BCUT2D eigenvalue weighted by atomic mass is 10.1. The zero-order valence-corrected chi connectivity index (χ0v) is 19.9. The van der Waals surface area contributed by atoms with E-state index >= 15 is 0 Å². The Kier molecular flexibility index (Phi) is 6.47. The minimum absolute atomic E-state index is 0.0906. The van der Waals surface area contributed by atoms with Crippen molar-refractivity contribution in [2.24, 2.45) is 7.05 Å². The summed E-state index contributed by atoms with van der Waals surface area (Å²) < 4.78 is 3.66. The zero-order valence-electron chi connectivity index (χ0n) is 19.2. The zero-order chi connectivity index (χ0) is 23.5. The highest BCUT2D eigenvalue weighted by Crippen LogP contribution is 2.26. The predicted molar refractivity (Wildman–Crippen MR) is 132 cm³/mol. The van der Waals surface area contributed by atoms with Gasteiger partial charge in [-0.2, -0.15) is 10.2 Å². The number of carbonyl (C=O) groups excluding carboxylic acids is 1. The number of nitrogens with zero attached hydrogens (tertiary/aromatic N) is 5. The Labute approximate surface area is 198 Å². The molecule has 0 unspecified atom stereocenters. The molecule has 2 aromatic heterocycles. The van der Waals surface area contributed by atoms with Crippen LogP contribution in [0.15, 0.2) is 66.9 Å². The van der Waals surface area contributed by atoms with E-state index in [9.17, 15) is 4.79 Å². The molecule has 0 bridgehead atoms. The number of benzene rings is 2. The van der Waals surface area contributed by atoms with E-state index in [0.717, 1.165) is 39.5 Å². The van der Waals surface area contributed by atoms with Crippen LogP contribution < -0.4 is 0 Å². The van der Waals surface area contributed by atoms with E-state index < -0.39 is 0 Å². The molecule has 0 aliphatic rings. The van der Waals surface area contributed by atoms with Crippen LogP contribution in [0.5, 0.6) is 0 Å². The van der Waals surface area contributed by atoms with Crippen molar-refractivity contribution >= 4 is 23.6 Å². The molecule has 0 aliphatic carbocycles. The molecule has 0 radical (unpaired) electrons. The van der Waals surface area contributed by atoms with Crippen LogP contribution in [0.2, 0.25) is 5.02 Å². The Morgan fingerprint density at radius 2 is 1.76 bits per heavy atom. The molecule has 4 rings (SSSR count). The fraction of sp³-hybridized carbons (Fsp3) is 0.192. The first-order chi connectivity index (χ1) is 15.8. The van der Waals surface area contributed by atoms with E-state index in [2.05, 4.69) is 5.10 Å². The van der Waals surface area contributed by atoms with Crippen molar-refractivity contribution in [1.82, 2.24) is 24.5 Å². The van der Waals surface area contributed by atoms with E-state index in [1.165, 1.54) is 0 Å². The van der Waals surface area contributed by atoms with Crippen LogP contribution in [0.3, 0.4) is 0 Å². The van der Waals surface area contributed by atoms with Crippen molar-refractivity contribution in [3.05, 3.63) is 94.4 Å². The normalized spacial score (nSPS) is 11.3. The van der Waals surface area contributed by atoms with Crippen molar-refractivity contribution < 1.29 is 4.79 Å². The molecule has 4 aromatic rings. The number of amides is 1. The molecule has 6 nitrogen and oxygen atoms in total. The Bertz CT molecular complexity index is 1300. The van der Waals surface area contributed by atoms with Gasteiger partial charge in [0.15, 0.2) is 0 Å². The Morgan fingerprint density at radius 3 is 2.39 bits per heavy atom. The molecule has 0 saturated carbocycles. The third-order valence-electron chi connectivity index (χ3n) is 5.67. The maximum Gasteiger partial charge on any atom is 0.246 e. The smallest absolute Gasteiger partial charge is 0.246 e. The summed E-state index contributed by atoms with van der Waals surface area (Å²) in [6.07, 6.45) is 5.41. The van der Waals surface area contributed by atoms with Crippen molar-refractivity contribution in [3.63, 3.8) is 0 Å². The Hall–Kier alpha value is -3.64. The number of likely N-dealkylation sites (N-methyl/N-ethyl adjacent to an activating group) is 1. The predicted octanol–water partition coefficient (Wildman–Crippen LogP) is 5.21. The average molecular weight is 460 g/mol. The SMILES string of the molecule is Cc1nn(C)c(C)c1/C=C/C(=O)N(C)Cc1cn(-c2ccccc2)nc1-c1ccc(Cl)cc1. The van der Waals surface area contributed by atoms with E-state index in [4.69, 9.17) is 16.7 Å². The van der Waals surface area contributed by atoms with Gasteiger partial charge in [0.05, 0.1) is 17.1 Å². The van der Waals surface area contributed by atoms with Gasteiger partial charge in [-0.25, -0.2) is 4.68 Å². The molecule has 1 amide bonds. The van der Waals surface area contributed by atoms with Gasteiger partial charge >= 0.3 is 0 Å². The highest BCUT2D eigenvalue weighted by molar-refractivity contribution is 6.30. The van der Waals surface area contributed by atoms with Gasteiger partial charge in [0, 0.05) is 60.3 Å². The summed E-state index contributed by atoms with van der Waals surface area (Å²) in [4.78, 5) is 14.6. The van der Waals surface area contributed by atoms with E-state index in [-0.39, 0.29) is 5.91 Å². The maximum absolute atomic E-state index is 12.9. The van der Waals surface area contributed by atoms with Crippen LogP contribution in [0.1, 0.15) is 22.5 Å². The lowest BCUT2D eigenvalue weighted by Gasteiger charge is -2.15. The number of aromatic nitrogens is 4. The van der Waals surface area contributed by atoms with Gasteiger partial charge in [0.1, 0.15) is 0 Å². The fourth-order valence-electron chi connectivity index (χ4n) is 3.74. The topological polar surface area (TPSA) is 56.0 Å². The summed E-state index contributed by atoms with van der Waals surface area (Å²) >= 11 is 6.08. The summed E-state index contributed by atoms with van der Waals surface area (Å²) in [6, 6.07) is 17.5. The number of carbonyl (C=O) groups is 1. The molecule has 0 atom stereocenters.